The fourth-order valence-corrected chi connectivity index (χ4v) is 2.28. The molecule has 0 aliphatic heterocycles. The molecule has 0 bridgehead atoms. The first-order valence-corrected chi connectivity index (χ1v) is 6.21. The number of ketones is 1. The molecule has 1 aromatic rings. The molecule has 0 aromatic carbocycles. The summed E-state index contributed by atoms with van der Waals surface area (Å²) < 4.78 is 5.51. The van der Waals surface area contributed by atoms with Gasteiger partial charge in [0.15, 0.2) is 5.78 Å². The number of hydrogen-bond donors (Lipinski definition) is 0. The average Bonchev–Trinajstić information content (AvgIpc) is 2.93. The number of carbonyl (C=O) groups is 1. The van der Waals surface area contributed by atoms with E-state index in [-0.39, 0.29) is 11.9 Å². The minimum absolute atomic E-state index is 0.169. The van der Waals surface area contributed by atoms with E-state index < -0.39 is 0 Å². The van der Waals surface area contributed by atoms with Gasteiger partial charge in [0.1, 0.15) is 6.10 Å². The molecule has 82 valence electrons. The van der Waals surface area contributed by atoms with E-state index in [1.54, 1.807) is 11.7 Å². The van der Waals surface area contributed by atoms with Crippen LogP contribution in [0.2, 0.25) is 0 Å². The molecule has 1 saturated carbocycles. The van der Waals surface area contributed by atoms with Gasteiger partial charge in [0.25, 0.3) is 0 Å². The summed E-state index contributed by atoms with van der Waals surface area (Å²) >= 11 is 1.53. The highest BCUT2D eigenvalue weighted by Gasteiger charge is 2.36. The lowest BCUT2D eigenvalue weighted by atomic mass is 10.1. The minimum atomic E-state index is -0.169. The monoisotopic (exact) mass is 225 g/mol. The highest BCUT2D eigenvalue weighted by molar-refractivity contribution is 7.09. The summed E-state index contributed by atoms with van der Waals surface area (Å²) in [4.78, 5) is 16.9. The topological polar surface area (TPSA) is 39.2 Å². The Bertz CT molecular complexity index is 319. The molecule has 0 spiro atoms. The Morgan fingerprint density at radius 3 is 3.07 bits per heavy atom. The Balaban J connectivity index is 1.92. The van der Waals surface area contributed by atoms with E-state index in [4.69, 9.17) is 4.74 Å². The van der Waals surface area contributed by atoms with E-state index in [9.17, 15) is 4.79 Å². The predicted molar refractivity (Wildman–Crippen MR) is 59.0 cm³/mol. The number of thiazole rings is 1. The fraction of sp³-hybridized carbons (Fsp3) is 0.636. The first-order valence-electron chi connectivity index (χ1n) is 5.33. The molecule has 1 heterocycles. The van der Waals surface area contributed by atoms with E-state index in [1.807, 2.05) is 6.92 Å². The zero-order chi connectivity index (χ0) is 10.7. The average molecular weight is 225 g/mol. The number of Topliss-reactive ketones (excluding diaryl/α,β-unsaturated/α-hetero) is 1. The quantitative estimate of drug-likeness (QED) is 0.744. The van der Waals surface area contributed by atoms with E-state index in [1.165, 1.54) is 11.3 Å². The van der Waals surface area contributed by atoms with Crippen LogP contribution in [0.15, 0.2) is 11.7 Å². The van der Waals surface area contributed by atoms with Crippen molar-refractivity contribution in [3.05, 3.63) is 16.6 Å². The molecule has 4 heteroatoms. The second-order valence-corrected chi connectivity index (χ2v) is 4.80. The van der Waals surface area contributed by atoms with Crippen molar-refractivity contribution in [3.63, 3.8) is 0 Å². The van der Waals surface area contributed by atoms with Crippen LogP contribution in [-0.2, 0) is 16.0 Å². The van der Waals surface area contributed by atoms with Crippen molar-refractivity contribution >= 4 is 17.1 Å². The molecule has 0 N–H and O–H groups in total. The van der Waals surface area contributed by atoms with Crippen molar-refractivity contribution in [2.75, 3.05) is 6.61 Å². The number of carbonyl (C=O) groups excluding carboxylic acids is 1. The molecule has 15 heavy (non-hydrogen) atoms. The maximum atomic E-state index is 11.9. The molecule has 1 atom stereocenters. The number of nitrogens with zero attached hydrogens (tertiary/aromatic N) is 1. The number of aromatic nitrogens is 1. The number of hydrogen-bond acceptors (Lipinski definition) is 4. The van der Waals surface area contributed by atoms with Gasteiger partial charge in [0.2, 0.25) is 0 Å². The molecule has 0 radical (unpaired) electrons. The smallest absolute Gasteiger partial charge is 0.167 e. The molecule has 1 fully saturated rings. The molecule has 1 aromatic heterocycles. The van der Waals surface area contributed by atoms with Crippen LogP contribution in [-0.4, -0.2) is 23.5 Å². The summed E-state index contributed by atoms with van der Waals surface area (Å²) in [5, 5.41) is 0. The summed E-state index contributed by atoms with van der Waals surface area (Å²) in [7, 11) is 0. The molecule has 0 saturated heterocycles. The molecular weight excluding hydrogens is 210 g/mol. The van der Waals surface area contributed by atoms with Crippen LogP contribution < -0.4 is 0 Å². The summed E-state index contributed by atoms with van der Waals surface area (Å²) in [6.45, 7) is 2.56. The van der Waals surface area contributed by atoms with Gasteiger partial charge in [-0.3, -0.25) is 9.78 Å². The maximum Gasteiger partial charge on any atom is 0.167 e. The van der Waals surface area contributed by atoms with Gasteiger partial charge in [0.05, 0.1) is 5.51 Å². The van der Waals surface area contributed by atoms with E-state index >= 15 is 0 Å². The van der Waals surface area contributed by atoms with E-state index in [2.05, 4.69) is 4.98 Å². The molecule has 1 unspecified atom stereocenters. The van der Waals surface area contributed by atoms with Gasteiger partial charge in [-0.25, -0.2) is 0 Å². The maximum absolute atomic E-state index is 11.9. The van der Waals surface area contributed by atoms with Gasteiger partial charge in [-0.05, 0) is 25.7 Å². The van der Waals surface area contributed by atoms with Crippen LogP contribution in [0.4, 0.5) is 0 Å². The van der Waals surface area contributed by atoms with Crippen LogP contribution in [0.3, 0.4) is 0 Å². The lowest BCUT2D eigenvalue weighted by molar-refractivity contribution is -0.130. The van der Waals surface area contributed by atoms with E-state index in [0.717, 1.165) is 17.7 Å². The second-order valence-electron chi connectivity index (χ2n) is 3.82. The minimum Gasteiger partial charge on any atom is -0.370 e. The largest absolute Gasteiger partial charge is 0.370 e. The molecule has 0 amide bonds. The van der Waals surface area contributed by atoms with Crippen molar-refractivity contribution in [1.82, 2.24) is 4.98 Å². The Hall–Kier alpha value is -0.740. The highest BCUT2D eigenvalue weighted by atomic mass is 32.1. The van der Waals surface area contributed by atoms with Gasteiger partial charge < -0.3 is 4.74 Å². The first-order chi connectivity index (χ1) is 7.31. The van der Waals surface area contributed by atoms with Gasteiger partial charge >= 0.3 is 0 Å². The predicted octanol–water partition coefficient (Wildman–Crippen LogP) is 2.07. The van der Waals surface area contributed by atoms with Crippen LogP contribution in [0.5, 0.6) is 0 Å². The van der Waals surface area contributed by atoms with Crippen molar-refractivity contribution < 1.29 is 9.53 Å². The SMILES string of the molecule is CCOC(C(=O)Cc1cncs1)C1CC1. The van der Waals surface area contributed by atoms with E-state index in [0.29, 0.717) is 18.9 Å². The first kappa shape index (κ1) is 10.8. The summed E-state index contributed by atoms with van der Waals surface area (Å²) in [6.07, 6.45) is 4.35. The highest BCUT2D eigenvalue weighted by Crippen LogP contribution is 2.35. The van der Waals surface area contributed by atoms with Crippen LogP contribution in [0.1, 0.15) is 24.6 Å². The fourth-order valence-electron chi connectivity index (χ4n) is 1.67. The van der Waals surface area contributed by atoms with Gasteiger partial charge in [-0.15, -0.1) is 11.3 Å². The zero-order valence-electron chi connectivity index (χ0n) is 8.81. The van der Waals surface area contributed by atoms with Crippen LogP contribution in [0, 0.1) is 5.92 Å². The molecule has 3 nitrogen and oxygen atoms in total. The molecule has 1 aliphatic carbocycles. The van der Waals surface area contributed by atoms with Crippen molar-refractivity contribution in [3.8, 4) is 0 Å². The Morgan fingerprint density at radius 1 is 1.73 bits per heavy atom. The normalized spacial score (nSPS) is 17.7. The van der Waals surface area contributed by atoms with Crippen molar-refractivity contribution in [2.24, 2.45) is 5.92 Å². The standard InChI is InChI=1S/C11H15NO2S/c1-2-14-11(8-3-4-8)10(13)5-9-6-12-7-15-9/h6-8,11H,2-5H2,1H3. The molecule has 2 rings (SSSR count). The van der Waals surface area contributed by atoms with Crippen molar-refractivity contribution in [2.45, 2.75) is 32.3 Å². The third kappa shape index (κ3) is 2.86. The molecular formula is C11H15NO2S. The van der Waals surface area contributed by atoms with Crippen LogP contribution >= 0.6 is 11.3 Å². The Labute approximate surface area is 93.5 Å². The lowest BCUT2D eigenvalue weighted by Crippen LogP contribution is -2.27. The molecule has 1 aliphatic rings. The van der Waals surface area contributed by atoms with Crippen LogP contribution in [0.25, 0.3) is 0 Å². The number of rotatable bonds is 6. The van der Waals surface area contributed by atoms with Crippen molar-refractivity contribution in [1.29, 1.82) is 0 Å². The Morgan fingerprint density at radius 2 is 2.53 bits per heavy atom. The van der Waals surface area contributed by atoms with Gasteiger partial charge in [-0.2, -0.15) is 0 Å². The van der Waals surface area contributed by atoms with Gasteiger partial charge in [-0.1, -0.05) is 0 Å². The summed E-state index contributed by atoms with van der Waals surface area (Å²) in [5.74, 6) is 0.689. The third-order valence-electron chi connectivity index (χ3n) is 2.55. The second kappa shape index (κ2) is 4.86. The van der Waals surface area contributed by atoms with Gasteiger partial charge in [0, 0.05) is 24.1 Å². The Kier molecular flexibility index (Phi) is 3.49. The third-order valence-corrected chi connectivity index (χ3v) is 3.33. The number of ether oxygens (including phenoxy) is 1. The summed E-state index contributed by atoms with van der Waals surface area (Å²) in [5.41, 5.74) is 1.76. The lowest BCUT2D eigenvalue weighted by Gasteiger charge is -2.14. The summed E-state index contributed by atoms with van der Waals surface area (Å²) in [6, 6.07) is 0. The zero-order valence-corrected chi connectivity index (χ0v) is 9.63.